The van der Waals surface area contributed by atoms with Crippen LogP contribution in [0.25, 0.3) is 0 Å². The number of benzene rings is 2. The topological polar surface area (TPSA) is 79.8 Å². The number of carbonyl (C=O) groups is 1. The summed E-state index contributed by atoms with van der Waals surface area (Å²) in [5, 5.41) is 3.33. The molecule has 2 heterocycles. The zero-order chi connectivity index (χ0) is 22.5. The first-order valence-electron chi connectivity index (χ1n) is 10.5. The lowest BCUT2D eigenvalue weighted by Gasteiger charge is -2.35. The number of aryl methyl sites for hydroxylation is 1. The Morgan fingerprint density at radius 3 is 2.31 bits per heavy atom. The van der Waals surface area contributed by atoms with Crippen LogP contribution in [0.2, 0.25) is 0 Å². The minimum absolute atomic E-state index is 0.00979. The van der Waals surface area contributed by atoms with Crippen molar-refractivity contribution in [3.05, 3.63) is 65.9 Å². The van der Waals surface area contributed by atoms with E-state index < -0.39 is 0 Å². The number of hydrogen-bond donors (Lipinski definition) is 1. The number of aromatic nitrogens is 2. The number of rotatable bonds is 6. The number of nitrogens with zero attached hydrogens (tertiary/aromatic N) is 4. The second-order valence-corrected chi connectivity index (χ2v) is 7.56. The van der Waals surface area contributed by atoms with Gasteiger partial charge in [0.1, 0.15) is 17.3 Å². The van der Waals surface area contributed by atoms with Crippen molar-refractivity contribution in [2.24, 2.45) is 0 Å². The standard InChI is InChI=1S/C24H27N5O3/c1-17-15-22(26-19-7-9-20(31-2)10-8-19)27-24(25-17)29-13-11-28(12-14-29)23(30)18-5-4-6-21(16-18)32-3/h4-10,15-16H,11-14H2,1-3H3,(H,25,26,27). The van der Waals surface area contributed by atoms with E-state index in [9.17, 15) is 4.79 Å². The molecule has 0 aliphatic carbocycles. The van der Waals surface area contributed by atoms with Gasteiger partial charge in [-0.05, 0) is 49.4 Å². The predicted octanol–water partition coefficient (Wildman–Crippen LogP) is 3.51. The smallest absolute Gasteiger partial charge is 0.254 e. The number of anilines is 3. The molecule has 8 nitrogen and oxygen atoms in total. The molecule has 4 rings (SSSR count). The van der Waals surface area contributed by atoms with Crippen molar-refractivity contribution in [2.75, 3.05) is 50.6 Å². The molecule has 1 fully saturated rings. The van der Waals surface area contributed by atoms with E-state index >= 15 is 0 Å². The molecule has 0 spiro atoms. The molecule has 0 unspecified atom stereocenters. The van der Waals surface area contributed by atoms with Gasteiger partial charge in [0, 0.05) is 49.2 Å². The molecule has 0 atom stereocenters. The van der Waals surface area contributed by atoms with Gasteiger partial charge in [-0.15, -0.1) is 0 Å². The van der Waals surface area contributed by atoms with Crippen molar-refractivity contribution in [3.8, 4) is 11.5 Å². The Hall–Kier alpha value is -3.81. The lowest BCUT2D eigenvalue weighted by Crippen LogP contribution is -2.49. The monoisotopic (exact) mass is 433 g/mol. The summed E-state index contributed by atoms with van der Waals surface area (Å²) < 4.78 is 10.4. The summed E-state index contributed by atoms with van der Waals surface area (Å²) in [5.74, 6) is 2.88. The first-order valence-corrected chi connectivity index (χ1v) is 10.5. The van der Waals surface area contributed by atoms with Crippen LogP contribution in [0.1, 0.15) is 16.1 Å². The van der Waals surface area contributed by atoms with E-state index in [0.29, 0.717) is 43.4 Å². The molecule has 2 aromatic carbocycles. The molecular weight excluding hydrogens is 406 g/mol. The Kier molecular flexibility index (Phi) is 6.39. The molecule has 0 radical (unpaired) electrons. The Morgan fingerprint density at radius 2 is 1.62 bits per heavy atom. The maximum absolute atomic E-state index is 12.9. The molecule has 32 heavy (non-hydrogen) atoms. The molecule has 166 valence electrons. The zero-order valence-electron chi connectivity index (χ0n) is 18.5. The van der Waals surface area contributed by atoms with Gasteiger partial charge in [-0.1, -0.05) is 6.07 Å². The van der Waals surface area contributed by atoms with Gasteiger partial charge in [-0.25, -0.2) is 4.98 Å². The third kappa shape index (κ3) is 4.91. The van der Waals surface area contributed by atoms with Gasteiger partial charge in [-0.2, -0.15) is 4.98 Å². The maximum atomic E-state index is 12.9. The second-order valence-electron chi connectivity index (χ2n) is 7.56. The number of hydrogen-bond acceptors (Lipinski definition) is 7. The first kappa shape index (κ1) is 21.4. The summed E-state index contributed by atoms with van der Waals surface area (Å²) in [7, 11) is 3.24. The van der Waals surface area contributed by atoms with Crippen LogP contribution in [0.15, 0.2) is 54.6 Å². The van der Waals surface area contributed by atoms with Crippen LogP contribution in [-0.2, 0) is 0 Å². The van der Waals surface area contributed by atoms with E-state index in [1.807, 2.05) is 60.4 Å². The van der Waals surface area contributed by atoms with Gasteiger partial charge in [0.25, 0.3) is 5.91 Å². The molecule has 8 heteroatoms. The van der Waals surface area contributed by atoms with Crippen LogP contribution >= 0.6 is 0 Å². The Balaban J connectivity index is 1.42. The third-order valence-electron chi connectivity index (χ3n) is 5.37. The van der Waals surface area contributed by atoms with E-state index in [1.54, 1.807) is 20.3 Å². The minimum atomic E-state index is 0.00979. The number of carbonyl (C=O) groups excluding carboxylic acids is 1. The van der Waals surface area contributed by atoms with E-state index in [-0.39, 0.29) is 5.91 Å². The largest absolute Gasteiger partial charge is 0.497 e. The van der Waals surface area contributed by atoms with Gasteiger partial charge >= 0.3 is 0 Å². The normalized spacial score (nSPS) is 13.6. The van der Waals surface area contributed by atoms with Crippen LogP contribution in [-0.4, -0.2) is 61.2 Å². The fourth-order valence-corrected chi connectivity index (χ4v) is 3.63. The summed E-state index contributed by atoms with van der Waals surface area (Å²) in [6.45, 7) is 4.50. The molecule has 1 N–H and O–H groups in total. The van der Waals surface area contributed by atoms with E-state index in [2.05, 4.69) is 15.2 Å². The highest BCUT2D eigenvalue weighted by molar-refractivity contribution is 5.94. The van der Waals surface area contributed by atoms with Crippen LogP contribution < -0.4 is 19.7 Å². The van der Waals surface area contributed by atoms with Gasteiger partial charge in [-0.3, -0.25) is 4.79 Å². The average Bonchev–Trinajstić information content (AvgIpc) is 2.84. The van der Waals surface area contributed by atoms with Crippen LogP contribution in [0.5, 0.6) is 11.5 Å². The zero-order valence-corrected chi connectivity index (χ0v) is 18.5. The number of piperazine rings is 1. The van der Waals surface area contributed by atoms with Gasteiger partial charge in [0.15, 0.2) is 0 Å². The van der Waals surface area contributed by atoms with Crippen LogP contribution in [0.3, 0.4) is 0 Å². The summed E-state index contributed by atoms with van der Waals surface area (Å²) in [4.78, 5) is 26.2. The fourth-order valence-electron chi connectivity index (χ4n) is 3.63. The molecule has 1 aliphatic heterocycles. The Labute approximate surface area is 187 Å². The fraction of sp³-hybridized carbons (Fsp3) is 0.292. The maximum Gasteiger partial charge on any atom is 0.254 e. The predicted molar refractivity (Wildman–Crippen MR) is 124 cm³/mol. The third-order valence-corrected chi connectivity index (χ3v) is 5.37. The van der Waals surface area contributed by atoms with Crippen molar-refractivity contribution < 1.29 is 14.3 Å². The summed E-state index contributed by atoms with van der Waals surface area (Å²) in [6.07, 6.45) is 0. The first-order chi connectivity index (χ1) is 15.6. The van der Waals surface area contributed by atoms with Crippen molar-refractivity contribution in [1.29, 1.82) is 0 Å². The minimum Gasteiger partial charge on any atom is -0.497 e. The number of amides is 1. The lowest BCUT2D eigenvalue weighted by atomic mass is 10.1. The summed E-state index contributed by atoms with van der Waals surface area (Å²) in [6, 6.07) is 16.9. The van der Waals surface area contributed by atoms with Crippen LogP contribution in [0.4, 0.5) is 17.5 Å². The second kappa shape index (κ2) is 9.55. The molecule has 1 aliphatic rings. The van der Waals surface area contributed by atoms with Crippen LogP contribution in [0, 0.1) is 6.92 Å². The highest BCUT2D eigenvalue weighted by Crippen LogP contribution is 2.22. The van der Waals surface area contributed by atoms with Crippen molar-refractivity contribution in [2.45, 2.75) is 6.92 Å². The lowest BCUT2D eigenvalue weighted by molar-refractivity contribution is 0.0746. The van der Waals surface area contributed by atoms with Gasteiger partial charge in [0.05, 0.1) is 14.2 Å². The van der Waals surface area contributed by atoms with Gasteiger partial charge < -0.3 is 24.6 Å². The molecule has 1 amide bonds. The SMILES string of the molecule is COc1ccc(Nc2cc(C)nc(N3CCN(C(=O)c4cccc(OC)c4)CC3)n2)cc1. The van der Waals surface area contributed by atoms with Crippen molar-refractivity contribution >= 4 is 23.4 Å². The average molecular weight is 434 g/mol. The van der Waals surface area contributed by atoms with Crippen molar-refractivity contribution in [1.82, 2.24) is 14.9 Å². The quantitative estimate of drug-likeness (QED) is 0.637. The Morgan fingerprint density at radius 1 is 0.906 bits per heavy atom. The molecule has 3 aromatic rings. The highest BCUT2D eigenvalue weighted by atomic mass is 16.5. The summed E-state index contributed by atoms with van der Waals surface area (Å²) in [5.41, 5.74) is 2.43. The van der Waals surface area contributed by atoms with Gasteiger partial charge in [0.2, 0.25) is 5.95 Å². The van der Waals surface area contributed by atoms with E-state index in [0.717, 1.165) is 22.9 Å². The number of nitrogens with one attached hydrogen (secondary N) is 1. The molecule has 1 saturated heterocycles. The van der Waals surface area contributed by atoms with Crippen molar-refractivity contribution in [3.63, 3.8) is 0 Å². The summed E-state index contributed by atoms with van der Waals surface area (Å²) >= 11 is 0. The van der Waals surface area contributed by atoms with E-state index in [1.165, 1.54) is 0 Å². The molecule has 0 saturated carbocycles. The Bertz CT molecular complexity index is 1080. The highest BCUT2D eigenvalue weighted by Gasteiger charge is 2.24. The number of ether oxygens (including phenoxy) is 2. The molecular formula is C24H27N5O3. The van der Waals surface area contributed by atoms with E-state index in [4.69, 9.17) is 14.5 Å². The molecule has 1 aromatic heterocycles. The number of methoxy groups -OCH3 is 2. The molecule has 0 bridgehead atoms.